The van der Waals surface area contributed by atoms with Crippen LogP contribution < -0.4 is 10.2 Å². The van der Waals surface area contributed by atoms with Crippen LogP contribution in [0.5, 0.6) is 5.75 Å². The standard InChI is InChI=1S/C16H18N2O/c19-16-7-2-1-6-15(16)13-4-3-5-14(12-13)18-10-8-17-9-11-18/h1-7,12,17,19H,8-11H2. The van der Waals surface area contributed by atoms with Crippen molar-refractivity contribution in [1.29, 1.82) is 0 Å². The van der Waals surface area contributed by atoms with E-state index in [1.807, 2.05) is 24.3 Å². The third-order valence-corrected chi connectivity index (χ3v) is 3.54. The average molecular weight is 254 g/mol. The second-order valence-corrected chi connectivity index (χ2v) is 4.80. The number of phenolic OH excluding ortho intramolecular Hbond substituents is 1. The van der Waals surface area contributed by atoms with Gasteiger partial charge in [0.1, 0.15) is 5.75 Å². The minimum absolute atomic E-state index is 0.333. The largest absolute Gasteiger partial charge is 0.507 e. The summed E-state index contributed by atoms with van der Waals surface area (Å²) in [5.74, 6) is 0.333. The van der Waals surface area contributed by atoms with Gasteiger partial charge >= 0.3 is 0 Å². The number of benzene rings is 2. The van der Waals surface area contributed by atoms with Gasteiger partial charge in [-0.1, -0.05) is 30.3 Å². The van der Waals surface area contributed by atoms with Gasteiger partial charge in [-0.2, -0.15) is 0 Å². The minimum Gasteiger partial charge on any atom is -0.507 e. The zero-order valence-corrected chi connectivity index (χ0v) is 10.8. The molecule has 3 heteroatoms. The first-order valence-electron chi connectivity index (χ1n) is 6.69. The number of para-hydroxylation sites is 1. The van der Waals surface area contributed by atoms with Gasteiger partial charge in [0, 0.05) is 37.4 Å². The molecular weight excluding hydrogens is 236 g/mol. The number of phenols is 1. The van der Waals surface area contributed by atoms with Crippen molar-refractivity contribution in [2.24, 2.45) is 0 Å². The van der Waals surface area contributed by atoms with E-state index in [2.05, 4.69) is 28.4 Å². The molecule has 1 aliphatic heterocycles. The van der Waals surface area contributed by atoms with Crippen molar-refractivity contribution in [1.82, 2.24) is 5.32 Å². The second-order valence-electron chi connectivity index (χ2n) is 4.80. The molecule has 0 spiro atoms. The van der Waals surface area contributed by atoms with E-state index in [1.165, 1.54) is 5.69 Å². The molecule has 0 aromatic heterocycles. The van der Waals surface area contributed by atoms with Gasteiger partial charge in [0.15, 0.2) is 0 Å². The van der Waals surface area contributed by atoms with E-state index in [-0.39, 0.29) is 0 Å². The molecule has 0 radical (unpaired) electrons. The summed E-state index contributed by atoms with van der Waals surface area (Å²) in [6.07, 6.45) is 0. The summed E-state index contributed by atoms with van der Waals surface area (Å²) in [7, 11) is 0. The van der Waals surface area contributed by atoms with Crippen molar-refractivity contribution in [3.8, 4) is 16.9 Å². The van der Waals surface area contributed by atoms with E-state index in [4.69, 9.17) is 0 Å². The summed E-state index contributed by atoms with van der Waals surface area (Å²) in [4.78, 5) is 2.37. The summed E-state index contributed by atoms with van der Waals surface area (Å²) in [5, 5.41) is 13.3. The molecule has 1 saturated heterocycles. The van der Waals surface area contributed by atoms with Crippen LogP contribution in [0.2, 0.25) is 0 Å². The normalized spacial score (nSPS) is 15.5. The van der Waals surface area contributed by atoms with Gasteiger partial charge in [-0.25, -0.2) is 0 Å². The fourth-order valence-electron chi connectivity index (χ4n) is 2.51. The SMILES string of the molecule is Oc1ccccc1-c1cccc(N2CCNCC2)c1. The van der Waals surface area contributed by atoms with Crippen LogP contribution >= 0.6 is 0 Å². The van der Waals surface area contributed by atoms with Gasteiger partial charge in [-0.3, -0.25) is 0 Å². The Bertz CT molecular complexity index is 562. The maximum atomic E-state index is 9.94. The van der Waals surface area contributed by atoms with Gasteiger partial charge in [-0.15, -0.1) is 0 Å². The van der Waals surface area contributed by atoms with Crippen LogP contribution in [0.25, 0.3) is 11.1 Å². The maximum absolute atomic E-state index is 9.94. The molecule has 19 heavy (non-hydrogen) atoms. The third-order valence-electron chi connectivity index (χ3n) is 3.54. The minimum atomic E-state index is 0.333. The number of nitrogens with zero attached hydrogens (tertiary/aromatic N) is 1. The zero-order chi connectivity index (χ0) is 13.1. The quantitative estimate of drug-likeness (QED) is 0.864. The van der Waals surface area contributed by atoms with E-state index >= 15 is 0 Å². The average Bonchev–Trinajstić information content (AvgIpc) is 2.49. The monoisotopic (exact) mass is 254 g/mol. The molecule has 0 bridgehead atoms. The Morgan fingerprint density at radius 3 is 2.53 bits per heavy atom. The highest BCUT2D eigenvalue weighted by atomic mass is 16.3. The molecular formula is C16H18N2O. The van der Waals surface area contributed by atoms with Crippen LogP contribution in [0.15, 0.2) is 48.5 Å². The molecule has 0 unspecified atom stereocenters. The Labute approximate surface area is 113 Å². The molecule has 2 N–H and O–H groups in total. The molecule has 1 aliphatic rings. The van der Waals surface area contributed by atoms with Gasteiger partial charge in [-0.05, 0) is 23.8 Å². The van der Waals surface area contributed by atoms with Crippen LogP contribution in [0, 0.1) is 0 Å². The molecule has 0 atom stereocenters. The van der Waals surface area contributed by atoms with Crippen molar-refractivity contribution < 1.29 is 5.11 Å². The van der Waals surface area contributed by atoms with Crippen LogP contribution in [0.4, 0.5) is 5.69 Å². The highest BCUT2D eigenvalue weighted by Crippen LogP contribution is 2.31. The molecule has 0 saturated carbocycles. The van der Waals surface area contributed by atoms with Crippen LogP contribution in [-0.2, 0) is 0 Å². The number of nitrogens with one attached hydrogen (secondary N) is 1. The zero-order valence-electron chi connectivity index (χ0n) is 10.8. The molecule has 98 valence electrons. The van der Waals surface area contributed by atoms with E-state index in [9.17, 15) is 5.11 Å². The number of anilines is 1. The number of piperazine rings is 1. The summed E-state index contributed by atoms with van der Waals surface area (Å²) in [6, 6.07) is 15.9. The summed E-state index contributed by atoms with van der Waals surface area (Å²) < 4.78 is 0. The molecule has 2 aromatic carbocycles. The van der Waals surface area contributed by atoms with E-state index in [1.54, 1.807) is 6.07 Å². The van der Waals surface area contributed by atoms with Crippen molar-refractivity contribution in [2.75, 3.05) is 31.1 Å². The highest BCUT2D eigenvalue weighted by Gasteiger charge is 2.11. The van der Waals surface area contributed by atoms with Crippen molar-refractivity contribution in [3.63, 3.8) is 0 Å². The highest BCUT2D eigenvalue weighted by molar-refractivity contribution is 5.73. The van der Waals surface area contributed by atoms with Gasteiger partial charge in [0.05, 0.1) is 0 Å². The lowest BCUT2D eigenvalue weighted by molar-refractivity contribution is 0.477. The van der Waals surface area contributed by atoms with Crippen LogP contribution in [0.3, 0.4) is 0 Å². The Morgan fingerprint density at radius 1 is 0.947 bits per heavy atom. The van der Waals surface area contributed by atoms with Gasteiger partial charge in [0.25, 0.3) is 0 Å². The first-order valence-corrected chi connectivity index (χ1v) is 6.69. The van der Waals surface area contributed by atoms with E-state index in [0.29, 0.717) is 5.75 Å². The topological polar surface area (TPSA) is 35.5 Å². The fraction of sp³-hybridized carbons (Fsp3) is 0.250. The van der Waals surface area contributed by atoms with Gasteiger partial charge in [0.2, 0.25) is 0 Å². The lowest BCUT2D eigenvalue weighted by Crippen LogP contribution is -2.43. The second kappa shape index (κ2) is 5.33. The number of aromatic hydroxyl groups is 1. The van der Waals surface area contributed by atoms with Crippen molar-refractivity contribution >= 4 is 5.69 Å². The summed E-state index contributed by atoms with van der Waals surface area (Å²) >= 11 is 0. The smallest absolute Gasteiger partial charge is 0.123 e. The Kier molecular flexibility index (Phi) is 3.38. The third kappa shape index (κ3) is 2.56. The van der Waals surface area contributed by atoms with Crippen molar-refractivity contribution in [2.45, 2.75) is 0 Å². The number of hydrogen-bond acceptors (Lipinski definition) is 3. The lowest BCUT2D eigenvalue weighted by Gasteiger charge is -2.29. The van der Waals surface area contributed by atoms with Gasteiger partial charge < -0.3 is 15.3 Å². The van der Waals surface area contributed by atoms with Crippen molar-refractivity contribution in [3.05, 3.63) is 48.5 Å². The molecule has 3 rings (SSSR count). The summed E-state index contributed by atoms with van der Waals surface area (Å²) in [6.45, 7) is 4.12. The Morgan fingerprint density at radius 2 is 1.74 bits per heavy atom. The van der Waals surface area contributed by atoms with Crippen LogP contribution in [-0.4, -0.2) is 31.3 Å². The van der Waals surface area contributed by atoms with E-state index < -0.39 is 0 Å². The predicted octanol–water partition coefficient (Wildman–Crippen LogP) is 2.47. The first-order chi connectivity index (χ1) is 9.34. The molecule has 0 amide bonds. The number of rotatable bonds is 2. The Balaban J connectivity index is 1.93. The maximum Gasteiger partial charge on any atom is 0.123 e. The first kappa shape index (κ1) is 12.1. The molecule has 2 aromatic rings. The lowest BCUT2D eigenvalue weighted by atomic mass is 10.0. The number of hydrogen-bond donors (Lipinski definition) is 2. The molecule has 1 fully saturated rings. The summed E-state index contributed by atoms with van der Waals surface area (Å²) in [5.41, 5.74) is 3.18. The van der Waals surface area contributed by atoms with Crippen LogP contribution in [0.1, 0.15) is 0 Å². The van der Waals surface area contributed by atoms with E-state index in [0.717, 1.165) is 37.3 Å². The predicted molar refractivity (Wildman–Crippen MR) is 78.6 cm³/mol. The Hall–Kier alpha value is -2.00. The molecule has 3 nitrogen and oxygen atoms in total. The molecule has 0 aliphatic carbocycles. The molecule has 1 heterocycles. The fourth-order valence-corrected chi connectivity index (χ4v) is 2.51.